The van der Waals surface area contributed by atoms with Crippen LogP contribution in [-0.2, 0) is 0 Å². The van der Waals surface area contributed by atoms with E-state index in [-0.39, 0.29) is 22.4 Å². The van der Waals surface area contributed by atoms with E-state index in [4.69, 9.17) is 11.6 Å². The lowest BCUT2D eigenvalue weighted by atomic mass is 10.1. The zero-order chi connectivity index (χ0) is 13.3. The number of benzene rings is 1. The summed E-state index contributed by atoms with van der Waals surface area (Å²) in [4.78, 5) is 18.3. The maximum Gasteiger partial charge on any atom is 0.316 e. The highest BCUT2D eigenvalue weighted by molar-refractivity contribution is 9.10. The van der Waals surface area contributed by atoms with Crippen LogP contribution in [-0.4, -0.2) is 14.9 Å². The number of nitrogens with zero attached hydrogens (tertiary/aromatic N) is 3. The molecule has 0 unspecified atom stereocenters. The van der Waals surface area contributed by atoms with Crippen molar-refractivity contribution in [1.29, 1.82) is 0 Å². The smallest absolute Gasteiger partial charge is 0.258 e. The summed E-state index contributed by atoms with van der Waals surface area (Å²) in [6.45, 7) is 1.54. The first kappa shape index (κ1) is 12.9. The SMILES string of the molecule is Cc1nc(Cl)nc(-c2ccc(Br)cc2)c1[N+](=O)[O-]. The van der Waals surface area contributed by atoms with Gasteiger partial charge in [-0.05, 0) is 30.7 Å². The average molecular weight is 329 g/mol. The molecule has 2 rings (SSSR count). The molecule has 0 fully saturated rings. The van der Waals surface area contributed by atoms with Crippen LogP contribution in [0.1, 0.15) is 5.69 Å². The van der Waals surface area contributed by atoms with Gasteiger partial charge in [0.1, 0.15) is 5.69 Å². The fourth-order valence-corrected chi connectivity index (χ4v) is 2.04. The summed E-state index contributed by atoms with van der Waals surface area (Å²) >= 11 is 9.06. The Balaban J connectivity index is 2.69. The van der Waals surface area contributed by atoms with Gasteiger partial charge < -0.3 is 0 Å². The van der Waals surface area contributed by atoms with E-state index in [9.17, 15) is 10.1 Å². The van der Waals surface area contributed by atoms with E-state index in [1.165, 1.54) is 6.92 Å². The van der Waals surface area contributed by atoms with Crippen LogP contribution in [0.2, 0.25) is 5.28 Å². The van der Waals surface area contributed by atoms with Gasteiger partial charge in [0.15, 0.2) is 5.69 Å². The minimum Gasteiger partial charge on any atom is -0.258 e. The monoisotopic (exact) mass is 327 g/mol. The molecule has 0 aliphatic rings. The Morgan fingerprint density at radius 3 is 2.44 bits per heavy atom. The fraction of sp³-hybridized carbons (Fsp3) is 0.0909. The van der Waals surface area contributed by atoms with Gasteiger partial charge in [0.2, 0.25) is 5.28 Å². The van der Waals surface area contributed by atoms with Crippen LogP contribution >= 0.6 is 27.5 Å². The number of aromatic nitrogens is 2. The van der Waals surface area contributed by atoms with Gasteiger partial charge in [-0.3, -0.25) is 10.1 Å². The molecule has 1 aromatic carbocycles. The molecular weight excluding hydrogens is 321 g/mol. The zero-order valence-electron chi connectivity index (χ0n) is 9.22. The first-order valence-electron chi connectivity index (χ1n) is 4.93. The van der Waals surface area contributed by atoms with Crippen molar-refractivity contribution in [2.45, 2.75) is 6.92 Å². The summed E-state index contributed by atoms with van der Waals surface area (Å²) in [6, 6.07) is 7.03. The van der Waals surface area contributed by atoms with Crippen molar-refractivity contribution in [3.8, 4) is 11.3 Å². The van der Waals surface area contributed by atoms with Crippen molar-refractivity contribution in [3.63, 3.8) is 0 Å². The third-order valence-corrected chi connectivity index (χ3v) is 3.03. The second-order valence-corrected chi connectivity index (χ2v) is 4.79. The van der Waals surface area contributed by atoms with Crippen molar-refractivity contribution in [3.05, 3.63) is 49.8 Å². The van der Waals surface area contributed by atoms with Crippen LogP contribution in [0.4, 0.5) is 5.69 Å². The van der Waals surface area contributed by atoms with E-state index in [0.717, 1.165) is 4.47 Å². The second kappa shape index (κ2) is 4.99. The van der Waals surface area contributed by atoms with Gasteiger partial charge >= 0.3 is 5.69 Å². The van der Waals surface area contributed by atoms with Crippen molar-refractivity contribution in [2.24, 2.45) is 0 Å². The summed E-state index contributed by atoms with van der Waals surface area (Å²) in [6.07, 6.45) is 0. The van der Waals surface area contributed by atoms with Crippen molar-refractivity contribution >= 4 is 33.2 Å². The lowest BCUT2D eigenvalue weighted by Gasteiger charge is -2.05. The maximum atomic E-state index is 11.1. The molecule has 2 aromatic rings. The predicted molar refractivity (Wildman–Crippen MR) is 71.6 cm³/mol. The predicted octanol–water partition coefficient (Wildman–Crippen LogP) is 3.78. The molecule has 0 radical (unpaired) electrons. The topological polar surface area (TPSA) is 68.9 Å². The highest BCUT2D eigenvalue weighted by atomic mass is 79.9. The first-order valence-corrected chi connectivity index (χ1v) is 6.10. The van der Waals surface area contributed by atoms with Crippen molar-refractivity contribution in [1.82, 2.24) is 9.97 Å². The maximum absolute atomic E-state index is 11.1. The Hall–Kier alpha value is -1.53. The molecule has 1 heterocycles. The van der Waals surface area contributed by atoms with Gasteiger partial charge in [0.25, 0.3) is 0 Å². The molecule has 92 valence electrons. The van der Waals surface area contributed by atoms with Gasteiger partial charge in [0, 0.05) is 10.0 Å². The number of nitro groups is 1. The molecule has 0 saturated carbocycles. The molecule has 0 atom stereocenters. The summed E-state index contributed by atoms with van der Waals surface area (Å²) in [5, 5.41) is 11.1. The van der Waals surface area contributed by atoms with Gasteiger partial charge in [-0.15, -0.1) is 0 Å². The number of aryl methyl sites for hydroxylation is 1. The number of rotatable bonds is 2. The second-order valence-electron chi connectivity index (χ2n) is 3.54. The third-order valence-electron chi connectivity index (χ3n) is 2.33. The Bertz CT molecular complexity index is 616. The van der Waals surface area contributed by atoms with Gasteiger partial charge in [-0.1, -0.05) is 28.1 Å². The summed E-state index contributed by atoms with van der Waals surface area (Å²) in [5.41, 5.74) is 0.974. The van der Waals surface area contributed by atoms with E-state index >= 15 is 0 Å². The van der Waals surface area contributed by atoms with E-state index < -0.39 is 4.92 Å². The third kappa shape index (κ3) is 2.49. The summed E-state index contributed by atoms with van der Waals surface area (Å²) < 4.78 is 0.880. The standard InChI is InChI=1S/C11H7BrClN3O2/c1-6-10(16(17)18)9(15-11(13)14-6)7-2-4-8(12)5-3-7/h2-5H,1H3. The van der Waals surface area contributed by atoms with Crippen LogP contribution in [0.15, 0.2) is 28.7 Å². The van der Waals surface area contributed by atoms with Gasteiger partial charge in [0.05, 0.1) is 4.92 Å². The lowest BCUT2D eigenvalue weighted by Crippen LogP contribution is -2.01. The Morgan fingerprint density at radius 2 is 1.89 bits per heavy atom. The molecule has 5 nitrogen and oxygen atoms in total. The van der Waals surface area contributed by atoms with Crippen LogP contribution in [0.3, 0.4) is 0 Å². The van der Waals surface area contributed by atoms with E-state index in [1.807, 2.05) is 0 Å². The molecule has 0 N–H and O–H groups in total. The zero-order valence-corrected chi connectivity index (χ0v) is 11.6. The highest BCUT2D eigenvalue weighted by Gasteiger charge is 2.22. The Labute approximate surface area is 116 Å². The molecule has 0 saturated heterocycles. The highest BCUT2D eigenvalue weighted by Crippen LogP contribution is 2.31. The first-order chi connectivity index (χ1) is 8.49. The summed E-state index contributed by atoms with van der Waals surface area (Å²) in [5.74, 6) is 0. The molecule has 0 bridgehead atoms. The molecule has 0 amide bonds. The number of halogens is 2. The number of hydrogen-bond donors (Lipinski definition) is 0. The molecule has 0 aliphatic heterocycles. The largest absolute Gasteiger partial charge is 0.316 e. The quantitative estimate of drug-likeness (QED) is 0.478. The van der Waals surface area contributed by atoms with E-state index in [0.29, 0.717) is 5.56 Å². The lowest BCUT2D eigenvalue weighted by molar-refractivity contribution is -0.385. The minimum atomic E-state index is -0.497. The van der Waals surface area contributed by atoms with Crippen LogP contribution in [0.5, 0.6) is 0 Å². The molecule has 18 heavy (non-hydrogen) atoms. The van der Waals surface area contributed by atoms with E-state index in [1.54, 1.807) is 24.3 Å². The average Bonchev–Trinajstić information content (AvgIpc) is 2.28. The Kier molecular flexibility index (Phi) is 3.58. The van der Waals surface area contributed by atoms with Gasteiger partial charge in [-0.2, -0.15) is 0 Å². The van der Waals surface area contributed by atoms with Gasteiger partial charge in [-0.25, -0.2) is 9.97 Å². The number of hydrogen-bond acceptors (Lipinski definition) is 4. The summed E-state index contributed by atoms with van der Waals surface area (Å²) in [7, 11) is 0. The molecular formula is C11H7BrClN3O2. The molecule has 0 aliphatic carbocycles. The molecule has 0 spiro atoms. The van der Waals surface area contributed by atoms with Crippen molar-refractivity contribution < 1.29 is 4.92 Å². The minimum absolute atomic E-state index is 0.00369. The molecule has 1 aromatic heterocycles. The van der Waals surface area contributed by atoms with E-state index in [2.05, 4.69) is 25.9 Å². The Morgan fingerprint density at radius 1 is 1.28 bits per heavy atom. The fourth-order valence-electron chi connectivity index (χ4n) is 1.56. The normalized spacial score (nSPS) is 10.4. The van der Waals surface area contributed by atoms with Crippen LogP contribution in [0.25, 0.3) is 11.3 Å². The molecule has 7 heteroatoms. The van der Waals surface area contributed by atoms with Crippen LogP contribution < -0.4 is 0 Å². The van der Waals surface area contributed by atoms with Crippen molar-refractivity contribution in [2.75, 3.05) is 0 Å². The van der Waals surface area contributed by atoms with Crippen LogP contribution in [0, 0.1) is 17.0 Å².